The number of aryl methyl sites for hydroxylation is 1. The summed E-state index contributed by atoms with van der Waals surface area (Å²) in [5.74, 6) is 0.159. The molecule has 1 aromatic carbocycles. The first-order chi connectivity index (χ1) is 6.50. The second-order valence-corrected chi connectivity index (χ2v) is 3.64. The van der Waals surface area contributed by atoms with E-state index in [0.717, 1.165) is 11.3 Å². The van der Waals surface area contributed by atoms with Gasteiger partial charge in [0, 0.05) is 11.6 Å². The van der Waals surface area contributed by atoms with E-state index in [4.69, 9.17) is 5.11 Å². The van der Waals surface area contributed by atoms with Gasteiger partial charge < -0.3 is 10.4 Å². The van der Waals surface area contributed by atoms with Gasteiger partial charge >= 0.3 is 0 Å². The summed E-state index contributed by atoms with van der Waals surface area (Å²) >= 11 is 0. The molecule has 3 nitrogen and oxygen atoms in total. The molecule has 0 fully saturated rings. The van der Waals surface area contributed by atoms with Crippen molar-refractivity contribution in [3.63, 3.8) is 0 Å². The van der Waals surface area contributed by atoms with Crippen LogP contribution in [0.1, 0.15) is 19.4 Å². The van der Waals surface area contributed by atoms with Gasteiger partial charge in [-0.15, -0.1) is 0 Å². The maximum absolute atomic E-state index is 11.4. The molecule has 0 spiro atoms. The van der Waals surface area contributed by atoms with Crippen LogP contribution >= 0.6 is 0 Å². The quantitative estimate of drug-likeness (QED) is 0.708. The fraction of sp³-hybridized carbons (Fsp3) is 0.364. The third kappa shape index (κ3) is 2.49. The van der Waals surface area contributed by atoms with Gasteiger partial charge in [0.2, 0.25) is 5.91 Å². The Morgan fingerprint density at radius 3 is 2.57 bits per heavy atom. The number of benzene rings is 1. The summed E-state index contributed by atoms with van der Waals surface area (Å²) in [6, 6.07) is 4.88. The fourth-order valence-electron chi connectivity index (χ4n) is 1.07. The minimum atomic E-state index is -0.0387. The highest BCUT2D eigenvalue weighted by Crippen LogP contribution is 2.20. The summed E-state index contributed by atoms with van der Waals surface area (Å²) in [7, 11) is 0. The average Bonchev–Trinajstić information content (AvgIpc) is 2.09. The maximum Gasteiger partial charge on any atom is 0.226 e. The molecule has 0 bridgehead atoms. The molecular formula is C11H15NO2. The molecule has 1 amide bonds. The summed E-state index contributed by atoms with van der Waals surface area (Å²) in [6.07, 6.45) is 0. The van der Waals surface area contributed by atoms with E-state index in [9.17, 15) is 4.79 Å². The van der Waals surface area contributed by atoms with Crippen LogP contribution in [-0.2, 0) is 4.79 Å². The topological polar surface area (TPSA) is 49.3 Å². The predicted molar refractivity (Wildman–Crippen MR) is 56.3 cm³/mol. The Balaban J connectivity index is 2.82. The van der Waals surface area contributed by atoms with Crippen molar-refractivity contribution in [2.45, 2.75) is 20.8 Å². The SMILES string of the molecule is Cc1cc(O)ccc1NC(=O)C(C)C. The van der Waals surface area contributed by atoms with Gasteiger partial charge in [-0.2, -0.15) is 0 Å². The number of nitrogens with one attached hydrogen (secondary N) is 1. The summed E-state index contributed by atoms with van der Waals surface area (Å²) in [5.41, 5.74) is 1.61. The van der Waals surface area contributed by atoms with Crippen LogP contribution in [0, 0.1) is 12.8 Å². The molecule has 0 saturated carbocycles. The Hall–Kier alpha value is -1.51. The third-order valence-corrected chi connectivity index (χ3v) is 1.99. The second-order valence-electron chi connectivity index (χ2n) is 3.64. The average molecular weight is 193 g/mol. The number of phenolic OH excluding ortho intramolecular Hbond substituents is 1. The number of hydrogen-bond donors (Lipinski definition) is 2. The van der Waals surface area contributed by atoms with Crippen molar-refractivity contribution in [3.05, 3.63) is 23.8 Å². The number of hydrogen-bond acceptors (Lipinski definition) is 2. The lowest BCUT2D eigenvalue weighted by Crippen LogP contribution is -2.18. The zero-order chi connectivity index (χ0) is 10.7. The van der Waals surface area contributed by atoms with Crippen molar-refractivity contribution in [1.29, 1.82) is 0 Å². The van der Waals surface area contributed by atoms with E-state index in [2.05, 4.69) is 5.32 Å². The van der Waals surface area contributed by atoms with Gasteiger partial charge in [-0.1, -0.05) is 13.8 Å². The van der Waals surface area contributed by atoms with Crippen LogP contribution in [-0.4, -0.2) is 11.0 Å². The van der Waals surface area contributed by atoms with Gasteiger partial charge in [-0.3, -0.25) is 4.79 Å². The number of aromatic hydroxyl groups is 1. The fourth-order valence-corrected chi connectivity index (χ4v) is 1.07. The molecule has 14 heavy (non-hydrogen) atoms. The van der Waals surface area contributed by atoms with Crippen LogP contribution in [0.4, 0.5) is 5.69 Å². The lowest BCUT2D eigenvalue weighted by molar-refractivity contribution is -0.118. The monoisotopic (exact) mass is 193 g/mol. The minimum absolute atomic E-state index is 0.0150. The van der Waals surface area contributed by atoms with E-state index in [1.165, 1.54) is 0 Å². The van der Waals surface area contributed by atoms with E-state index < -0.39 is 0 Å². The highest BCUT2D eigenvalue weighted by molar-refractivity contribution is 5.92. The molecule has 0 aromatic heterocycles. The zero-order valence-corrected chi connectivity index (χ0v) is 8.66. The minimum Gasteiger partial charge on any atom is -0.508 e. The molecule has 0 saturated heterocycles. The van der Waals surface area contributed by atoms with Crippen LogP contribution in [0.3, 0.4) is 0 Å². The standard InChI is InChI=1S/C11H15NO2/c1-7(2)11(14)12-10-5-4-9(13)6-8(10)3/h4-7,13H,1-3H3,(H,12,14). The molecule has 0 unspecified atom stereocenters. The van der Waals surface area contributed by atoms with Gasteiger partial charge in [0.25, 0.3) is 0 Å². The molecule has 76 valence electrons. The summed E-state index contributed by atoms with van der Waals surface area (Å²) in [5, 5.41) is 12.0. The predicted octanol–water partition coefficient (Wildman–Crippen LogP) is 2.30. The number of anilines is 1. The molecule has 0 aliphatic heterocycles. The number of rotatable bonds is 2. The van der Waals surface area contributed by atoms with Crippen LogP contribution in [0.2, 0.25) is 0 Å². The normalized spacial score (nSPS) is 10.3. The Morgan fingerprint density at radius 1 is 1.43 bits per heavy atom. The highest BCUT2D eigenvalue weighted by Gasteiger charge is 2.08. The van der Waals surface area contributed by atoms with Crippen molar-refractivity contribution in [2.75, 3.05) is 5.32 Å². The molecule has 0 heterocycles. The van der Waals surface area contributed by atoms with Crippen molar-refractivity contribution in [2.24, 2.45) is 5.92 Å². The molecule has 3 heteroatoms. The Kier molecular flexibility index (Phi) is 3.12. The molecule has 0 radical (unpaired) electrons. The smallest absolute Gasteiger partial charge is 0.226 e. The second kappa shape index (κ2) is 4.13. The number of carbonyl (C=O) groups is 1. The van der Waals surface area contributed by atoms with Crippen molar-refractivity contribution in [3.8, 4) is 5.75 Å². The van der Waals surface area contributed by atoms with Crippen molar-refractivity contribution >= 4 is 11.6 Å². The van der Waals surface area contributed by atoms with E-state index in [1.54, 1.807) is 18.2 Å². The van der Waals surface area contributed by atoms with Gasteiger partial charge in [0.15, 0.2) is 0 Å². The Bertz CT molecular complexity index is 345. The first-order valence-electron chi connectivity index (χ1n) is 4.61. The van der Waals surface area contributed by atoms with Crippen LogP contribution in [0.25, 0.3) is 0 Å². The first-order valence-corrected chi connectivity index (χ1v) is 4.61. The van der Waals surface area contributed by atoms with Gasteiger partial charge in [0.1, 0.15) is 5.75 Å². The molecule has 1 rings (SSSR count). The lowest BCUT2D eigenvalue weighted by Gasteiger charge is -2.10. The molecule has 2 N–H and O–H groups in total. The van der Waals surface area contributed by atoms with E-state index in [-0.39, 0.29) is 17.6 Å². The number of amides is 1. The summed E-state index contributed by atoms with van der Waals surface area (Å²) in [6.45, 7) is 5.52. The first kappa shape index (κ1) is 10.6. The molecule has 1 aromatic rings. The van der Waals surface area contributed by atoms with E-state index >= 15 is 0 Å². The molecule has 0 atom stereocenters. The number of phenols is 1. The zero-order valence-electron chi connectivity index (χ0n) is 8.66. The maximum atomic E-state index is 11.4. The molecule has 0 aliphatic rings. The van der Waals surface area contributed by atoms with E-state index in [1.807, 2.05) is 20.8 Å². The van der Waals surface area contributed by atoms with Gasteiger partial charge in [-0.05, 0) is 30.7 Å². The van der Waals surface area contributed by atoms with Crippen molar-refractivity contribution < 1.29 is 9.90 Å². The summed E-state index contributed by atoms with van der Waals surface area (Å²) in [4.78, 5) is 11.4. The summed E-state index contributed by atoms with van der Waals surface area (Å²) < 4.78 is 0. The lowest BCUT2D eigenvalue weighted by atomic mass is 10.1. The van der Waals surface area contributed by atoms with Crippen LogP contribution in [0.15, 0.2) is 18.2 Å². The van der Waals surface area contributed by atoms with Gasteiger partial charge in [-0.25, -0.2) is 0 Å². The number of carbonyl (C=O) groups excluding carboxylic acids is 1. The Morgan fingerprint density at radius 2 is 2.07 bits per heavy atom. The Labute approximate surface area is 83.8 Å². The largest absolute Gasteiger partial charge is 0.508 e. The molecule has 0 aliphatic carbocycles. The van der Waals surface area contributed by atoms with Crippen molar-refractivity contribution in [1.82, 2.24) is 0 Å². The molecular weight excluding hydrogens is 178 g/mol. The van der Waals surface area contributed by atoms with Gasteiger partial charge in [0.05, 0.1) is 0 Å². The van der Waals surface area contributed by atoms with E-state index in [0.29, 0.717) is 0 Å². The highest BCUT2D eigenvalue weighted by atomic mass is 16.3. The van der Waals surface area contributed by atoms with Crippen LogP contribution < -0.4 is 5.32 Å². The van der Waals surface area contributed by atoms with Crippen LogP contribution in [0.5, 0.6) is 5.75 Å². The third-order valence-electron chi connectivity index (χ3n) is 1.99.